The van der Waals surface area contributed by atoms with Crippen LogP contribution in [0.1, 0.15) is 26.7 Å². The molecule has 10 nitrogen and oxygen atoms in total. The second-order valence-corrected chi connectivity index (χ2v) is 7.35. The van der Waals surface area contributed by atoms with Crippen LogP contribution in [0.3, 0.4) is 0 Å². The number of rotatable bonds is 9. The van der Waals surface area contributed by atoms with Gasteiger partial charge >= 0.3 is 12.1 Å². The number of benzene rings is 2. The molecule has 0 saturated carbocycles. The van der Waals surface area contributed by atoms with E-state index in [1.165, 1.54) is 36.2 Å². The average molecular weight is 479 g/mol. The van der Waals surface area contributed by atoms with Gasteiger partial charge in [0.25, 0.3) is 5.69 Å². The van der Waals surface area contributed by atoms with Gasteiger partial charge in [-0.2, -0.15) is 0 Å². The predicted molar refractivity (Wildman–Crippen MR) is 129 cm³/mol. The predicted octanol–water partition coefficient (Wildman–Crippen LogP) is 5.40. The Hall–Kier alpha value is -4.47. The van der Waals surface area contributed by atoms with E-state index in [1.807, 2.05) is 13.8 Å². The lowest BCUT2D eigenvalue weighted by atomic mass is 10.1. The molecule has 10 heteroatoms. The van der Waals surface area contributed by atoms with Gasteiger partial charge in [0.15, 0.2) is 11.5 Å². The number of anilines is 1. The van der Waals surface area contributed by atoms with E-state index in [2.05, 4.69) is 4.98 Å². The lowest BCUT2D eigenvalue weighted by molar-refractivity contribution is -0.384. The first-order valence-electron chi connectivity index (χ1n) is 11.0. The number of esters is 1. The SMILES string of the molecule is CCCC(=O)Oc1c(OCC)cccc1-c1cccc(N(C)C(=O)Oc2ccc([N+](=O)[O-])cc2)n1. The number of ether oxygens (including phenoxy) is 3. The minimum atomic E-state index is -0.735. The number of non-ortho nitro benzene ring substituents is 1. The molecule has 0 radical (unpaired) electrons. The molecule has 1 heterocycles. The molecule has 182 valence electrons. The van der Waals surface area contributed by atoms with Crippen LogP contribution in [-0.2, 0) is 4.79 Å². The van der Waals surface area contributed by atoms with Gasteiger partial charge < -0.3 is 14.2 Å². The van der Waals surface area contributed by atoms with Crippen molar-refractivity contribution in [1.82, 2.24) is 4.98 Å². The fourth-order valence-corrected chi connectivity index (χ4v) is 3.12. The third-order valence-corrected chi connectivity index (χ3v) is 4.83. The number of carbonyl (C=O) groups is 2. The normalized spacial score (nSPS) is 10.4. The highest BCUT2D eigenvalue weighted by Crippen LogP contribution is 2.38. The molecule has 35 heavy (non-hydrogen) atoms. The molecular formula is C25H25N3O7. The summed E-state index contributed by atoms with van der Waals surface area (Å²) in [6.45, 7) is 4.09. The molecule has 0 saturated heterocycles. The number of hydrogen-bond donors (Lipinski definition) is 0. The third kappa shape index (κ3) is 6.32. The van der Waals surface area contributed by atoms with Gasteiger partial charge in [0.05, 0.1) is 17.2 Å². The molecule has 0 unspecified atom stereocenters. The molecule has 0 atom stereocenters. The molecule has 1 amide bonds. The largest absolute Gasteiger partial charge is 0.490 e. The summed E-state index contributed by atoms with van der Waals surface area (Å²) in [5.74, 6) is 0.710. The number of nitro benzene ring substituents is 1. The summed E-state index contributed by atoms with van der Waals surface area (Å²) in [5, 5.41) is 10.8. The minimum absolute atomic E-state index is 0.114. The monoisotopic (exact) mass is 479 g/mol. The Morgan fingerprint density at radius 2 is 1.71 bits per heavy atom. The lowest BCUT2D eigenvalue weighted by Gasteiger charge is -2.18. The summed E-state index contributed by atoms with van der Waals surface area (Å²) in [6, 6.07) is 15.4. The number of hydrogen-bond acceptors (Lipinski definition) is 8. The second kappa shape index (κ2) is 11.6. The number of amides is 1. The standard InChI is InChI=1S/C25H25N3O7/c1-4-8-23(29)35-24-19(9-6-11-21(24)33-5-2)20-10-7-12-22(26-20)27(3)25(30)34-18-15-13-17(14-16-18)28(31)32/h6-7,9-16H,4-5,8H2,1-3H3. The zero-order valence-corrected chi connectivity index (χ0v) is 19.6. The maximum atomic E-state index is 12.6. The van der Waals surface area contributed by atoms with Crippen molar-refractivity contribution in [3.8, 4) is 28.5 Å². The Bertz CT molecular complexity index is 1210. The van der Waals surface area contributed by atoms with Crippen LogP contribution in [0.25, 0.3) is 11.3 Å². The van der Waals surface area contributed by atoms with Crippen molar-refractivity contribution in [3.05, 3.63) is 70.8 Å². The highest BCUT2D eigenvalue weighted by molar-refractivity contribution is 5.88. The highest BCUT2D eigenvalue weighted by atomic mass is 16.6. The van der Waals surface area contributed by atoms with Crippen LogP contribution in [0.2, 0.25) is 0 Å². The molecule has 1 aromatic heterocycles. The molecule has 3 aromatic rings. The van der Waals surface area contributed by atoms with Gasteiger partial charge in [0.2, 0.25) is 0 Å². The van der Waals surface area contributed by atoms with E-state index in [9.17, 15) is 19.7 Å². The van der Waals surface area contributed by atoms with Crippen LogP contribution < -0.4 is 19.1 Å². The molecule has 0 spiro atoms. The second-order valence-electron chi connectivity index (χ2n) is 7.35. The fraction of sp³-hybridized carbons (Fsp3) is 0.240. The molecule has 0 fully saturated rings. The molecule has 2 aromatic carbocycles. The van der Waals surface area contributed by atoms with E-state index in [0.29, 0.717) is 30.0 Å². The fourth-order valence-electron chi connectivity index (χ4n) is 3.12. The Labute approximate surface area is 202 Å². The van der Waals surface area contributed by atoms with E-state index in [0.717, 1.165) is 0 Å². The van der Waals surface area contributed by atoms with Gasteiger partial charge in [-0.1, -0.05) is 19.1 Å². The van der Waals surface area contributed by atoms with Crippen molar-refractivity contribution in [2.75, 3.05) is 18.6 Å². The van der Waals surface area contributed by atoms with Crippen molar-refractivity contribution >= 4 is 23.6 Å². The van der Waals surface area contributed by atoms with Crippen molar-refractivity contribution in [3.63, 3.8) is 0 Å². The van der Waals surface area contributed by atoms with Gasteiger partial charge in [0.1, 0.15) is 11.6 Å². The summed E-state index contributed by atoms with van der Waals surface area (Å²) >= 11 is 0. The number of carbonyl (C=O) groups excluding carboxylic acids is 2. The Balaban J connectivity index is 1.87. The number of nitrogens with zero attached hydrogens (tertiary/aromatic N) is 3. The van der Waals surface area contributed by atoms with Crippen molar-refractivity contribution in [2.45, 2.75) is 26.7 Å². The molecule has 3 rings (SSSR count). The van der Waals surface area contributed by atoms with Gasteiger partial charge in [-0.3, -0.25) is 19.8 Å². The zero-order chi connectivity index (χ0) is 25.4. The Kier molecular flexibility index (Phi) is 8.33. The Morgan fingerprint density at radius 3 is 2.37 bits per heavy atom. The molecule has 0 aliphatic carbocycles. The molecular weight excluding hydrogens is 454 g/mol. The van der Waals surface area contributed by atoms with Gasteiger partial charge in [-0.25, -0.2) is 9.78 Å². The third-order valence-electron chi connectivity index (χ3n) is 4.83. The summed E-state index contributed by atoms with van der Waals surface area (Å²) in [5.41, 5.74) is 0.870. The molecule has 0 bridgehead atoms. The van der Waals surface area contributed by atoms with Crippen LogP contribution >= 0.6 is 0 Å². The highest BCUT2D eigenvalue weighted by Gasteiger charge is 2.20. The number of nitro groups is 1. The van der Waals surface area contributed by atoms with Crippen LogP contribution in [0.4, 0.5) is 16.3 Å². The van der Waals surface area contributed by atoms with Crippen molar-refractivity contribution in [2.24, 2.45) is 0 Å². The van der Waals surface area contributed by atoms with E-state index < -0.39 is 11.0 Å². The minimum Gasteiger partial charge on any atom is -0.490 e. The van der Waals surface area contributed by atoms with E-state index in [4.69, 9.17) is 14.2 Å². The topological polar surface area (TPSA) is 121 Å². The van der Waals surface area contributed by atoms with E-state index >= 15 is 0 Å². The summed E-state index contributed by atoms with van der Waals surface area (Å²) in [4.78, 5) is 40.9. The molecule has 0 N–H and O–H groups in total. The van der Waals surface area contributed by atoms with Gasteiger partial charge in [-0.15, -0.1) is 0 Å². The molecule has 0 aliphatic heterocycles. The quantitative estimate of drug-likeness (QED) is 0.173. The van der Waals surface area contributed by atoms with Gasteiger partial charge in [-0.05, 0) is 49.7 Å². The zero-order valence-electron chi connectivity index (χ0n) is 19.6. The number of pyridine rings is 1. The number of para-hydroxylation sites is 1. The lowest BCUT2D eigenvalue weighted by Crippen LogP contribution is -2.30. The smallest absolute Gasteiger partial charge is 0.420 e. The van der Waals surface area contributed by atoms with Crippen LogP contribution in [0.5, 0.6) is 17.2 Å². The first kappa shape index (κ1) is 25.2. The first-order valence-corrected chi connectivity index (χ1v) is 11.0. The van der Waals surface area contributed by atoms with Gasteiger partial charge in [0, 0.05) is 31.2 Å². The van der Waals surface area contributed by atoms with Crippen molar-refractivity contribution < 1.29 is 28.7 Å². The average Bonchev–Trinajstić information content (AvgIpc) is 2.85. The first-order chi connectivity index (χ1) is 16.8. The number of aromatic nitrogens is 1. The van der Waals surface area contributed by atoms with E-state index in [-0.39, 0.29) is 35.4 Å². The molecule has 0 aliphatic rings. The summed E-state index contributed by atoms with van der Waals surface area (Å²) in [6.07, 6.45) is 0.159. The van der Waals surface area contributed by atoms with Crippen molar-refractivity contribution in [1.29, 1.82) is 0 Å². The maximum Gasteiger partial charge on any atom is 0.420 e. The van der Waals surface area contributed by atoms with Crippen LogP contribution in [0, 0.1) is 10.1 Å². The maximum absolute atomic E-state index is 12.6. The summed E-state index contributed by atoms with van der Waals surface area (Å²) < 4.78 is 16.6. The Morgan fingerprint density at radius 1 is 1.00 bits per heavy atom. The van der Waals surface area contributed by atoms with Crippen LogP contribution in [-0.4, -0.2) is 35.6 Å². The summed E-state index contributed by atoms with van der Waals surface area (Å²) in [7, 11) is 1.48. The van der Waals surface area contributed by atoms with E-state index in [1.54, 1.807) is 36.4 Å². The van der Waals surface area contributed by atoms with Crippen LogP contribution in [0.15, 0.2) is 60.7 Å².